The van der Waals surface area contributed by atoms with Gasteiger partial charge in [0.05, 0.1) is 13.1 Å². The van der Waals surface area contributed by atoms with E-state index < -0.39 is 0 Å². The Morgan fingerprint density at radius 1 is 0.846 bits per heavy atom. The molecule has 1 saturated carbocycles. The van der Waals surface area contributed by atoms with Crippen molar-refractivity contribution >= 4 is 17.5 Å². The molecular weight excluding hydrogens is 484 g/mol. The van der Waals surface area contributed by atoms with Gasteiger partial charge in [-0.05, 0) is 72.4 Å². The zero-order chi connectivity index (χ0) is 26.6. The maximum Gasteiger partial charge on any atom is 0.267 e. The molecule has 0 spiro atoms. The Kier molecular flexibility index (Phi) is 7.26. The molecule has 6 nitrogen and oxygen atoms in total. The summed E-state index contributed by atoms with van der Waals surface area (Å²) in [6.07, 6.45) is 8.83. The molecule has 3 heterocycles. The number of nitrogens with one attached hydrogen (secondary N) is 1. The molecule has 1 aliphatic carbocycles. The molecule has 39 heavy (non-hydrogen) atoms. The quantitative estimate of drug-likeness (QED) is 0.335. The van der Waals surface area contributed by atoms with Gasteiger partial charge in [-0.3, -0.25) is 14.6 Å². The number of hydrogen-bond donors (Lipinski definition) is 1. The van der Waals surface area contributed by atoms with Gasteiger partial charge in [-0.15, -0.1) is 0 Å². The fraction of sp³-hybridized carbons (Fsp3) is 0.303. The van der Waals surface area contributed by atoms with Crippen LogP contribution in [-0.2, 0) is 19.5 Å². The molecule has 0 radical (unpaired) electrons. The number of anilines is 1. The van der Waals surface area contributed by atoms with Crippen molar-refractivity contribution < 1.29 is 9.59 Å². The lowest BCUT2D eigenvalue weighted by atomic mass is 9.84. The fourth-order valence-corrected chi connectivity index (χ4v) is 5.97. The predicted octanol–water partition coefficient (Wildman–Crippen LogP) is 6.11. The van der Waals surface area contributed by atoms with Crippen molar-refractivity contribution in [3.05, 3.63) is 119 Å². The van der Waals surface area contributed by atoms with E-state index >= 15 is 0 Å². The van der Waals surface area contributed by atoms with E-state index in [4.69, 9.17) is 0 Å². The third kappa shape index (κ3) is 5.37. The second-order valence-corrected chi connectivity index (χ2v) is 10.6. The average molecular weight is 519 g/mol. The van der Waals surface area contributed by atoms with Gasteiger partial charge in [0.25, 0.3) is 11.8 Å². The number of nitrogens with zero attached hydrogens (tertiary/aromatic N) is 3. The number of rotatable bonds is 6. The van der Waals surface area contributed by atoms with Gasteiger partial charge in [0.2, 0.25) is 0 Å². The summed E-state index contributed by atoms with van der Waals surface area (Å²) in [5.41, 5.74) is 6.43. The van der Waals surface area contributed by atoms with Gasteiger partial charge in [-0.2, -0.15) is 0 Å². The summed E-state index contributed by atoms with van der Waals surface area (Å²) in [5, 5.41) is 3.04. The molecule has 4 aromatic rings. The topological polar surface area (TPSA) is 67.2 Å². The zero-order valence-corrected chi connectivity index (χ0v) is 22.2. The predicted molar refractivity (Wildman–Crippen MR) is 153 cm³/mol. The monoisotopic (exact) mass is 518 g/mol. The number of amides is 2. The van der Waals surface area contributed by atoms with Crippen LogP contribution in [0.3, 0.4) is 0 Å². The number of benzene rings is 2. The van der Waals surface area contributed by atoms with Gasteiger partial charge in [-0.1, -0.05) is 55.7 Å². The number of carbonyl (C=O) groups is 2. The van der Waals surface area contributed by atoms with Gasteiger partial charge in [0, 0.05) is 41.8 Å². The maximum atomic E-state index is 13.9. The molecule has 1 aliphatic heterocycles. The summed E-state index contributed by atoms with van der Waals surface area (Å²) in [6, 6.07) is 25.9. The molecule has 0 saturated heterocycles. The lowest BCUT2D eigenvalue weighted by molar-refractivity contribution is 0.0944. The SMILES string of the molecule is O=C(NCCc1ccccn1)c1ccc2n1Cc1ccccc1N(C(=O)c1ccc(C3CCCCC3)cc1)C2. The Labute approximate surface area is 229 Å². The van der Waals surface area contributed by atoms with Crippen LogP contribution in [0.2, 0.25) is 0 Å². The molecule has 0 bridgehead atoms. The fourth-order valence-electron chi connectivity index (χ4n) is 5.97. The molecule has 2 aromatic carbocycles. The van der Waals surface area contributed by atoms with E-state index in [0.29, 0.717) is 43.2 Å². The minimum atomic E-state index is -0.118. The maximum absolute atomic E-state index is 13.9. The van der Waals surface area contributed by atoms with E-state index in [1.54, 1.807) is 6.20 Å². The van der Waals surface area contributed by atoms with Crippen molar-refractivity contribution in [1.29, 1.82) is 0 Å². The third-order valence-electron chi connectivity index (χ3n) is 8.11. The highest BCUT2D eigenvalue weighted by Gasteiger charge is 2.27. The molecule has 2 aromatic heterocycles. The standard InChI is InChI=1S/C33H34N4O2/c38-32(35-21-19-28-11-6-7-20-34-28)31-18-17-29-23-37(30-12-5-4-10-27(30)22-36(29)31)33(39)26-15-13-25(14-16-26)24-8-2-1-3-9-24/h4-7,10-18,20,24H,1-3,8-9,19,21-23H2,(H,35,38). The highest BCUT2D eigenvalue weighted by molar-refractivity contribution is 6.06. The van der Waals surface area contributed by atoms with Gasteiger partial charge < -0.3 is 14.8 Å². The van der Waals surface area contributed by atoms with Crippen LogP contribution in [0.4, 0.5) is 5.69 Å². The first kappa shape index (κ1) is 25.1. The van der Waals surface area contributed by atoms with Gasteiger partial charge >= 0.3 is 0 Å². The van der Waals surface area contributed by atoms with Crippen LogP contribution >= 0.6 is 0 Å². The largest absolute Gasteiger partial charge is 0.350 e. The van der Waals surface area contributed by atoms with Crippen LogP contribution < -0.4 is 10.2 Å². The Bertz CT molecular complexity index is 1450. The van der Waals surface area contributed by atoms with Crippen LogP contribution in [0.15, 0.2) is 85.1 Å². The molecule has 2 amide bonds. The molecule has 198 valence electrons. The van der Waals surface area contributed by atoms with Gasteiger partial charge in [0.15, 0.2) is 0 Å². The lowest BCUT2D eigenvalue weighted by Gasteiger charge is -2.24. The second kappa shape index (κ2) is 11.3. The van der Waals surface area contributed by atoms with Crippen molar-refractivity contribution in [2.24, 2.45) is 0 Å². The highest BCUT2D eigenvalue weighted by atomic mass is 16.2. The van der Waals surface area contributed by atoms with Crippen LogP contribution in [-0.4, -0.2) is 27.9 Å². The molecular formula is C33H34N4O2. The lowest BCUT2D eigenvalue weighted by Crippen LogP contribution is -2.31. The van der Waals surface area contributed by atoms with E-state index in [0.717, 1.165) is 22.6 Å². The first-order valence-corrected chi connectivity index (χ1v) is 14.0. The number of carbonyl (C=O) groups excluding carboxylic acids is 2. The summed E-state index contributed by atoms with van der Waals surface area (Å²) in [5.74, 6) is 0.472. The van der Waals surface area contributed by atoms with Crippen LogP contribution in [0.25, 0.3) is 0 Å². The number of fused-ring (bicyclic) bond motifs is 2. The van der Waals surface area contributed by atoms with E-state index in [1.807, 2.05) is 76.2 Å². The van der Waals surface area contributed by atoms with Crippen molar-refractivity contribution in [2.45, 2.75) is 57.5 Å². The Morgan fingerprint density at radius 3 is 2.44 bits per heavy atom. The third-order valence-corrected chi connectivity index (χ3v) is 8.11. The minimum absolute atomic E-state index is 0.0198. The number of hydrogen-bond acceptors (Lipinski definition) is 3. The van der Waals surface area contributed by atoms with Gasteiger partial charge in [0.1, 0.15) is 5.69 Å². The summed E-state index contributed by atoms with van der Waals surface area (Å²) in [6.45, 7) is 1.45. The highest BCUT2D eigenvalue weighted by Crippen LogP contribution is 2.34. The van der Waals surface area contributed by atoms with E-state index in [9.17, 15) is 9.59 Å². The molecule has 6 rings (SSSR count). The van der Waals surface area contributed by atoms with Crippen molar-refractivity contribution in [1.82, 2.24) is 14.9 Å². The number of aromatic nitrogens is 2. The Morgan fingerprint density at radius 2 is 1.64 bits per heavy atom. The van der Waals surface area contributed by atoms with Crippen LogP contribution in [0.5, 0.6) is 0 Å². The van der Waals surface area contributed by atoms with E-state index in [1.165, 1.54) is 37.7 Å². The second-order valence-electron chi connectivity index (χ2n) is 10.6. The first-order chi connectivity index (χ1) is 19.2. The zero-order valence-electron chi connectivity index (χ0n) is 22.2. The summed E-state index contributed by atoms with van der Waals surface area (Å²) >= 11 is 0. The molecule has 1 fully saturated rings. The van der Waals surface area contributed by atoms with E-state index in [2.05, 4.69) is 22.4 Å². The molecule has 0 atom stereocenters. The smallest absolute Gasteiger partial charge is 0.267 e. The summed E-state index contributed by atoms with van der Waals surface area (Å²) in [4.78, 5) is 33.2. The van der Waals surface area contributed by atoms with Gasteiger partial charge in [-0.25, -0.2) is 0 Å². The normalized spacial score (nSPS) is 15.2. The molecule has 2 aliphatic rings. The van der Waals surface area contributed by atoms with Crippen LogP contribution in [0, 0.1) is 0 Å². The minimum Gasteiger partial charge on any atom is -0.350 e. The average Bonchev–Trinajstić information content (AvgIpc) is 3.31. The van der Waals surface area contributed by atoms with Crippen molar-refractivity contribution in [3.8, 4) is 0 Å². The van der Waals surface area contributed by atoms with E-state index in [-0.39, 0.29) is 11.8 Å². The first-order valence-electron chi connectivity index (χ1n) is 14.0. The van der Waals surface area contributed by atoms with Crippen LogP contribution in [0.1, 0.15) is 81.4 Å². The summed E-state index contributed by atoms with van der Waals surface area (Å²) < 4.78 is 2.04. The number of pyridine rings is 1. The molecule has 0 unspecified atom stereocenters. The van der Waals surface area contributed by atoms with Crippen molar-refractivity contribution in [2.75, 3.05) is 11.4 Å². The van der Waals surface area contributed by atoms with Crippen molar-refractivity contribution in [3.63, 3.8) is 0 Å². The summed E-state index contributed by atoms with van der Waals surface area (Å²) in [7, 11) is 0. The Hall–Kier alpha value is -4.19. The molecule has 6 heteroatoms. The number of para-hydroxylation sites is 1. The molecule has 1 N–H and O–H groups in total. The Balaban J connectivity index is 1.22.